The fourth-order valence-electron chi connectivity index (χ4n) is 1.86. The third-order valence-corrected chi connectivity index (χ3v) is 3.47. The molecule has 0 aliphatic carbocycles. The summed E-state index contributed by atoms with van der Waals surface area (Å²) in [5.74, 6) is 0.0513. The summed E-state index contributed by atoms with van der Waals surface area (Å²) in [6.45, 7) is 3.76. The fraction of sp³-hybridized carbons (Fsp3) is 0.143. The van der Waals surface area contributed by atoms with Gasteiger partial charge in [-0.05, 0) is 37.6 Å². The van der Waals surface area contributed by atoms with Gasteiger partial charge in [0.1, 0.15) is 0 Å². The van der Waals surface area contributed by atoms with Crippen LogP contribution >= 0.6 is 11.6 Å². The number of anilines is 1. The summed E-state index contributed by atoms with van der Waals surface area (Å²) in [4.78, 5) is 20.3. The van der Waals surface area contributed by atoms with E-state index in [1.54, 1.807) is 24.4 Å². The van der Waals surface area contributed by atoms with Crippen molar-refractivity contribution in [2.75, 3.05) is 5.32 Å². The molecule has 0 unspecified atom stereocenters. The molecule has 7 heteroatoms. The number of nitrogens with one attached hydrogen (secondary N) is 1. The Labute approximate surface area is 125 Å². The Morgan fingerprint density at radius 1 is 1.29 bits per heavy atom. The van der Waals surface area contributed by atoms with Crippen molar-refractivity contribution in [2.45, 2.75) is 13.8 Å². The van der Waals surface area contributed by atoms with Gasteiger partial charge in [-0.15, -0.1) is 5.10 Å². The Balaban J connectivity index is 1.90. The lowest BCUT2D eigenvalue weighted by Crippen LogP contribution is -2.14. The molecule has 0 radical (unpaired) electrons. The summed E-state index contributed by atoms with van der Waals surface area (Å²) in [5, 5.41) is 7.45. The van der Waals surface area contributed by atoms with Gasteiger partial charge in [0.2, 0.25) is 5.82 Å². The number of rotatable bonds is 2. The first-order chi connectivity index (χ1) is 10.0. The van der Waals surface area contributed by atoms with Gasteiger partial charge in [0.05, 0.1) is 0 Å². The number of aromatic nitrogens is 4. The topological polar surface area (TPSA) is 72.2 Å². The van der Waals surface area contributed by atoms with E-state index in [0.29, 0.717) is 16.5 Å². The normalized spacial score (nSPS) is 10.8. The molecule has 1 N–H and O–H groups in total. The van der Waals surface area contributed by atoms with Crippen LogP contribution in [0.25, 0.3) is 5.78 Å². The number of nitrogens with zero attached hydrogens (tertiary/aromatic N) is 4. The molecule has 3 rings (SSSR count). The first-order valence-electron chi connectivity index (χ1n) is 6.30. The van der Waals surface area contributed by atoms with Gasteiger partial charge in [0, 0.05) is 22.6 Å². The number of aryl methyl sites for hydroxylation is 2. The van der Waals surface area contributed by atoms with Crippen LogP contribution in [0.2, 0.25) is 5.02 Å². The number of amides is 1. The number of hydrogen-bond acceptors (Lipinski definition) is 4. The largest absolute Gasteiger partial charge is 0.319 e. The van der Waals surface area contributed by atoms with Crippen LogP contribution in [0.1, 0.15) is 21.9 Å². The van der Waals surface area contributed by atoms with Gasteiger partial charge in [-0.3, -0.25) is 4.79 Å². The zero-order chi connectivity index (χ0) is 15.0. The van der Waals surface area contributed by atoms with E-state index in [1.165, 1.54) is 4.52 Å². The molecule has 0 aliphatic heterocycles. The Morgan fingerprint density at radius 2 is 2.10 bits per heavy atom. The summed E-state index contributed by atoms with van der Waals surface area (Å²) in [6, 6.07) is 7.09. The van der Waals surface area contributed by atoms with E-state index >= 15 is 0 Å². The van der Waals surface area contributed by atoms with Crippen LogP contribution < -0.4 is 5.32 Å². The van der Waals surface area contributed by atoms with Crippen molar-refractivity contribution in [1.29, 1.82) is 0 Å². The first-order valence-corrected chi connectivity index (χ1v) is 6.68. The number of halogens is 1. The maximum Gasteiger partial charge on any atom is 0.295 e. The second kappa shape index (κ2) is 5.14. The quantitative estimate of drug-likeness (QED) is 0.790. The maximum atomic E-state index is 12.2. The molecule has 0 saturated heterocycles. The van der Waals surface area contributed by atoms with Crippen LogP contribution in [-0.4, -0.2) is 25.5 Å². The molecule has 0 fully saturated rings. The first kappa shape index (κ1) is 13.5. The SMILES string of the molecule is Cc1ccc(NC(=O)c2nc3nccc(C)n3n2)cc1Cl. The summed E-state index contributed by atoms with van der Waals surface area (Å²) in [5.41, 5.74) is 2.39. The van der Waals surface area contributed by atoms with Crippen LogP contribution in [0.15, 0.2) is 30.5 Å². The Kier molecular flexibility index (Phi) is 3.31. The number of carbonyl (C=O) groups is 1. The zero-order valence-corrected chi connectivity index (χ0v) is 12.2. The van der Waals surface area contributed by atoms with Crippen molar-refractivity contribution in [1.82, 2.24) is 19.6 Å². The molecule has 1 aromatic carbocycles. The highest BCUT2D eigenvalue weighted by Crippen LogP contribution is 2.20. The molecule has 6 nitrogen and oxygen atoms in total. The van der Waals surface area contributed by atoms with Crippen LogP contribution in [-0.2, 0) is 0 Å². The number of benzene rings is 1. The second-order valence-electron chi connectivity index (χ2n) is 4.65. The van der Waals surface area contributed by atoms with E-state index in [9.17, 15) is 4.79 Å². The number of carbonyl (C=O) groups excluding carboxylic acids is 1. The lowest BCUT2D eigenvalue weighted by molar-refractivity contribution is 0.101. The van der Waals surface area contributed by atoms with E-state index in [-0.39, 0.29) is 5.82 Å². The summed E-state index contributed by atoms with van der Waals surface area (Å²) in [6.07, 6.45) is 1.63. The van der Waals surface area contributed by atoms with Crippen LogP contribution in [0, 0.1) is 13.8 Å². The number of fused-ring (bicyclic) bond motifs is 1. The minimum atomic E-state index is -0.403. The second-order valence-corrected chi connectivity index (χ2v) is 5.06. The number of hydrogen-bond donors (Lipinski definition) is 1. The molecule has 21 heavy (non-hydrogen) atoms. The third kappa shape index (κ3) is 2.57. The molecule has 0 bridgehead atoms. The van der Waals surface area contributed by atoms with E-state index < -0.39 is 5.91 Å². The van der Waals surface area contributed by atoms with Crippen molar-refractivity contribution >= 4 is 29.0 Å². The molecule has 0 spiro atoms. The smallest absolute Gasteiger partial charge is 0.295 e. The van der Waals surface area contributed by atoms with Gasteiger partial charge in [-0.2, -0.15) is 4.98 Å². The van der Waals surface area contributed by atoms with Crippen LogP contribution in [0.5, 0.6) is 0 Å². The standard InChI is InChI=1S/C14H12ClN5O/c1-8-3-4-10(7-11(8)15)17-13(21)12-18-14-16-6-5-9(2)20(14)19-12/h3-7H,1-2H3,(H,17,21). The highest BCUT2D eigenvalue weighted by molar-refractivity contribution is 6.31. The van der Waals surface area contributed by atoms with Crippen molar-refractivity contribution in [3.8, 4) is 0 Å². The molecule has 106 valence electrons. The fourth-order valence-corrected chi connectivity index (χ4v) is 2.04. The third-order valence-electron chi connectivity index (χ3n) is 3.06. The van der Waals surface area contributed by atoms with Crippen molar-refractivity contribution in [3.63, 3.8) is 0 Å². The molecule has 2 heterocycles. The lowest BCUT2D eigenvalue weighted by Gasteiger charge is -2.04. The van der Waals surface area contributed by atoms with Crippen molar-refractivity contribution < 1.29 is 4.79 Å². The van der Waals surface area contributed by atoms with Gasteiger partial charge < -0.3 is 5.32 Å². The molecule has 2 aromatic heterocycles. The predicted octanol–water partition coefficient (Wildman–Crippen LogP) is 2.65. The molecular weight excluding hydrogens is 290 g/mol. The van der Waals surface area contributed by atoms with Crippen LogP contribution in [0.4, 0.5) is 5.69 Å². The molecular formula is C14H12ClN5O. The van der Waals surface area contributed by atoms with E-state index in [1.807, 2.05) is 19.9 Å². The van der Waals surface area contributed by atoms with Gasteiger partial charge in [-0.1, -0.05) is 17.7 Å². The summed E-state index contributed by atoms with van der Waals surface area (Å²) >= 11 is 6.03. The highest BCUT2D eigenvalue weighted by Gasteiger charge is 2.14. The van der Waals surface area contributed by atoms with E-state index in [0.717, 1.165) is 11.3 Å². The summed E-state index contributed by atoms with van der Waals surface area (Å²) < 4.78 is 1.52. The molecule has 0 saturated carbocycles. The minimum Gasteiger partial charge on any atom is -0.319 e. The molecule has 0 aliphatic rings. The highest BCUT2D eigenvalue weighted by atomic mass is 35.5. The van der Waals surface area contributed by atoms with Gasteiger partial charge >= 0.3 is 0 Å². The van der Waals surface area contributed by atoms with Crippen molar-refractivity contribution in [2.24, 2.45) is 0 Å². The molecule has 0 atom stereocenters. The predicted molar refractivity (Wildman–Crippen MR) is 79.7 cm³/mol. The van der Waals surface area contributed by atoms with Gasteiger partial charge in [0.25, 0.3) is 11.7 Å². The average molecular weight is 302 g/mol. The maximum absolute atomic E-state index is 12.2. The van der Waals surface area contributed by atoms with E-state index in [2.05, 4.69) is 20.4 Å². The summed E-state index contributed by atoms with van der Waals surface area (Å²) in [7, 11) is 0. The van der Waals surface area contributed by atoms with Crippen LogP contribution in [0.3, 0.4) is 0 Å². The lowest BCUT2D eigenvalue weighted by atomic mass is 10.2. The minimum absolute atomic E-state index is 0.0634. The van der Waals surface area contributed by atoms with Gasteiger partial charge in [0.15, 0.2) is 0 Å². The zero-order valence-electron chi connectivity index (χ0n) is 11.5. The van der Waals surface area contributed by atoms with Gasteiger partial charge in [-0.25, -0.2) is 9.50 Å². The molecule has 3 aromatic rings. The average Bonchev–Trinajstić information content (AvgIpc) is 2.89. The van der Waals surface area contributed by atoms with Crippen molar-refractivity contribution in [3.05, 3.63) is 52.6 Å². The Morgan fingerprint density at radius 3 is 2.81 bits per heavy atom. The monoisotopic (exact) mass is 301 g/mol. The van der Waals surface area contributed by atoms with E-state index in [4.69, 9.17) is 11.6 Å². The Hall–Kier alpha value is -2.47. The molecule has 1 amide bonds. The Bertz CT molecular complexity index is 842.